The number of ether oxygens (including phenoxy) is 3. The van der Waals surface area contributed by atoms with E-state index in [9.17, 15) is 9.59 Å². The highest BCUT2D eigenvalue weighted by atomic mass is 16.6. The van der Waals surface area contributed by atoms with Gasteiger partial charge in [-0.1, -0.05) is 18.6 Å². The van der Waals surface area contributed by atoms with Gasteiger partial charge in [-0.15, -0.1) is 0 Å². The molecule has 2 fully saturated rings. The van der Waals surface area contributed by atoms with E-state index in [0.29, 0.717) is 6.42 Å². The summed E-state index contributed by atoms with van der Waals surface area (Å²) >= 11 is 0. The van der Waals surface area contributed by atoms with E-state index in [1.165, 1.54) is 12.5 Å². The second-order valence-corrected chi connectivity index (χ2v) is 7.06. The van der Waals surface area contributed by atoms with Gasteiger partial charge in [-0.2, -0.15) is 0 Å². The van der Waals surface area contributed by atoms with Gasteiger partial charge in [-0.05, 0) is 26.7 Å². The van der Waals surface area contributed by atoms with Gasteiger partial charge in [0.2, 0.25) is 0 Å². The standard InChI is InChI=1S/C17H24O5/c1-9-6-5-7-17(4)15(22-17)14-13(10(2)16(19)21-14)12(8-9)20-11(3)18/h6,10,12-15H,5,7-8H2,1-4H3/b9-6+/t10-,12+,13-,14+,15+,17-/m1/s1. The van der Waals surface area contributed by atoms with Crippen LogP contribution >= 0.6 is 0 Å². The molecule has 0 spiro atoms. The van der Waals surface area contributed by atoms with Gasteiger partial charge in [-0.3, -0.25) is 9.59 Å². The summed E-state index contributed by atoms with van der Waals surface area (Å²) in [5.41, 5.74) is 0.946. The van der Waals surface area contributed by atoms with Crippen LogP contribution in [-0.2, 0) is 23.8 Å². The van der Waals surface area contributed by atoms with Crippen LogP contribution in [0.4, 0.5) is 0 Å². The van der Waals surface area contributed by atoms with Crippen LogP contribution in [0, 0.1) is 11.8 Å². The molecule has 3 rings (SSSR count). The lowest BCUT2D eigenvalue weighted by Gasteiger charge is -2.29. The highest BCUT2D eigenvalue weighted by Gasteiger charge is 2.63. The Labute approximate surface area is 131 Å². The Bertz CT molecular complexity index is 525. The zero-order valence-corrected chi connectivity index (χ0v) is 13.6. The molecule has 0 saturated carbocycles. The van der Waals surface area contributed by atoms with E-state index in [1.807, 2.05) is 13.8 Å². The minimum absolute atomic E-state index is 0.0868. The van der Waals surface area contributed by atoms with Crippen molar-refractivity contribution in [2.75, 3.05) is 0 Å². The number of carbonyl (C=O) groups is 2. The molecule has 5 heteroatoms. The zero-order valence-electron chi connectivity index (χ0n) is 13.6. The van der Waals surface area contributed by atoms with Gasteiger partial charge in [0, 0.05) is 19.3 Å². The minimum atomic E-state index is -0.341. The van der Waals surface area contributed by atoms with Gasteiger partial charge in [0.1, 0.15) is 18.3 Å². The summed E-state index contributed by atoms with van der Waals surface area (Å²) in [6.45, 7) is 7.38. The third kappa shape index (κ3) is 2.67. The van der Waals surface area contributed by atoms with E-state index in [0.717, 1.165) is 12.8 Å². The van der Waals surface area contributed by atoms with E-state index in [1.54, 1.807) is 0 Å². The van der Waals surface area contributed by atoms with Crippen molar-refractivity contribution in [3.05, 3.63) is 11.6 Å². The summed E-state index contributed by atoms with van der Waals surface area (Å²) in [5, 5.41) is 0. The molecule has 0 N–H and O–H groups in total. The van der Waals surface area contributed by atoms with Crippen molar-refractivity contribution in [1.29, 1.82) is 0 Å². The summed E-state index contributed by atoms with van der Waals surface area (Å²) in [5.74, 6) is -0.967. The maximum atomic E-state index is 12.1. The van der Waals surface area contributed by atoms with Crippen molar-refractivity contribution in [1.82, 2.24) is 0 Å². The lowest BCUT2D eigenvalue weighted by molar-refractivity contribution is -0.151. The Morgan fingerprint density at radius 1 is 1.45 bits per heavy atom. The normalized spacial score (nSPS) is 46.6. The zero-order chi connectivity index (χ0) is 16.1. The minimum Gasteiger partial charge on any atom is -0.462 e. The highest BCUT2D eigenvalue weighted by Crippen LogP contribution is 2.50. The van der Waals surface area contributed by atoms with Crippen LogP contribution in [0.25, 0.3) is 0 Å². The average Bonchev–Trinajstić information content (AvgIpc) is 2.98. The molecule has 22 heavy (non-hydrogen) atoms. The largest absolute Gasteiger partial charge is 0.462 e. The molecular formula is C17H24O5. The molecule has 1 aliphatic carbocycles. The molecule has 2 saturated heterocycles. The molecule has 0 radical (unpaired) electrons. The van der Waals surface area contributed by atoms with Crippen molar-refractivity contribution >= 4 is 11.9 Å². The molecule has 2 heterocycles. The number of allylic oxidation sites excluding steroid dienone is 1. The monoisotopic (exact) mass is 308 g/mol. The molecule has 0 aromatic rings. The van der Waals surface area contributed by atoms with Crippen LogP contribution < -0.4 is 0 Å². The number of hydrogen-bond donors (Lipinski definition) is 0. The first kappa shape index (κ1) is 15.5. The fraction of sp³-hybridized carbons (Fsp3) is 0.765. The van der Waals surface area contributed by atoms with Crippen molar-refractivity contribution < 1.29 is 23.8 Å². The Morgan fingerprint density at radius 3 is 2.86 bits per heavy atom. The number of carbonyl (C=O) groups excluding carboxylic acids is 2. The van der Waals surface area contributed by atoms with Crippen LogP contribution in [0.2, 0.25) is 0 Å². The predicted molar refractivity (Wildman–Crippen MR) is 79.0 cm³/mol. The van der Waals surface area contributed by atoms with Crippen LogP contribution in [0.15, 0.2) is 11.6 Å². The number of esters is 2. The van der Waals surface area contributed by atoms with Gasteiger partial charge in [0.25, 0.3) is 0 Å². The average molecular weight is 308 g/mol. The highest BCUT2D eigenvalue weighted by molar-refractivity contribution is 5.75. The Hall–Kier alpha value is -1.36. The van der Waals surface area contributed by atoms with Crippen LogP contribution in [0.5, 0.6) is 0 Å². The summed E-state index contributed by atoms with van der Waals surface area (Å²) < 4.78 is 17.0. The molecule has 0 unspecified atom stereocenters. The van der Waals surface area contributed by atoms with Gasteiger partial charge < -0.3 is 14.2 Å². The third-order valence-corrected chi connectivity index (χ3v) is 5.22. The number of rotatable bonds is 1. The first-order valence-electron chi connectivity index (χ1n) is 8.03. The first-order valence-corrected chi connectivity index (χ1v) is 8.03. The predicted octanol–water partition coefficient (Wildman–Crippen LogP) is 2.38. The molecular weight excluding hydrogens is 284 g/mol. The lowest BCUT2D eigenvalue weighted by atomic mass is 9.79. The second kappa shape index (κ2) is 5.37. The molecule has 0 aromatic heterocycles. The summed E-state index contributed by atoms with van der Waals surface area (Å²) in [7, 11) is 0. The topological polar surface area (TPSA) is 65.1 Å². The quantitative estimate of drug-likeness (QED) is 0.423. The number of hydrogen-bond acceptors (Lipinski definition) is 5. The molecule has 3 aliphatic rings. The Kier molecular flexibility index (Phi) is 3.79. The lowest BCUT2D eigenvalue weighted by Crippen LogP contribution is -2.39. The van der Waals surface area contributed by atoms with Gasteiger partial charge >= 0.3 is 11.9 Å². The van der Waals surface area contributed by atoms with E-state index >= 15 is 0 Å². The summed E-state index contributed by atoms with van der Waals surface area (Å²) in [4.78, 5) is 23.6. The molecule has 2 aliphatic heterocycles. The van der Waals surface area contributed by atoms with Gasteiger partial charge in [0.15, 0.2) is 0 Å². The molecule has 0 aromatic carbocycles. The fourth-order valence-corrected chi connectivity index (χ4v) is 3.91. The van der Waals surface area contributed by atoms with E-state index in [4.69, 9.17) is 14.2 Å². The van der Waals surface area contributed by atoms with Gasteiger partial charge in [0.05, 0.1) is 11.5 Å². The van der Waals surface area contributed by atoms with Crippen LogP contribution in [0.1, 0.15) is 47.0 Å². The SMILES string of the molecule is CC(=O)O[C@H]1C/C(C)=C/CC[C@@]2(C)O[C@H]2[C@H]2OC(=O)[C@H](C)[C@@H]21. The summed E-state index contributed by atoms with van der Waals surface area (Å²) in [6, 6.07) is 0. The Balaban J connectivity index is 1.94. The molecule has 6 atom stereocenters. The van der Waals surface area contributed by atoms with Crippen LogP contribution in [-0.4, -0.2) is 35.9 Å². The van der Waals surface area contributed by atoms with Crippen molar-refractivity contribution in [2.45, 2.75) is 70.9 Å². The van der Waals surface area contributed by atoms with Crippen molar-refractivity contribution in [3.8, 4) is 0 Å². The molecule has 5 nitrogen and oxygen atoms in total. The van der Waals surface area contributed by atoms with Crippen molar-refractivity contribution in [2.24, 2.45) is 11.8 Å². The molecule has 0 amide bonds. The second-order valence-electron chi connectivity index (χ2n) is 7.06. The maximum absolute atomic E-state index is 12.1. The van der Waals surface area contributed by atoms with Crippen molar-refractivity contribution in [3.63, 3.8) is 0 Å². The van der Waals surface area contributed by atoms with E-state index in [2.05, 4.69) is 13.0 Å². The summed E-state index contributed by atoms with van der Waals surface area (Å²) in [6.07, 6.45) is 3.93. The van der Waals surface area contributed by atoms with Gasteiger partial charge in [-0.25, -0.2) is 0 Å². The maximum Gasteiger partial charge on any atom is 0.309 e. The molecule has 122 valence electrons. The van der Waals surface area contributed by atoms with E-state index < -0.39 is 0 Å². The number of fused-ring (bicyclic) bond motifs is 3. The fourth-order valence-electron chi connectivity index (χ4n) is 3.91. The Morgan fingerprint density at radius 2 is 2.18 bits per heavy atom. The number of epoxide rings is 1. The first-order chi connectivity index (χ1) is 10.3. The smallest absolute Gasteiger partial charge is 0.309 e. The van der Waals surface area contributed by atoms with Crippen LogP contribution in [0.3, 0.4) is 0 Å². The third-order valence-electron chi connectivity index (χ3n) is 5.22. The molecule has 0 bridgehead atoms. The van der Waals surface area contributed by atoms with E-state index in [-0.39, 0.29) is 47.7 Å².